The van der Waals surface area contributed by atoms with Crippen LogP contribution in [0, 0.1) is 10.8 Å². The molecule has 0 bridgehead atoms. The van der Waals surface area contributed by atoms with Gasteiger partial charge in [0.05, 0.1) is 0 Å². The van der Waals surface area contributed by atoms with Gasteiger partial charge in [0.1, 0.15) is 0 Å². The number of amides is 1. The van der Waals surface area contributed by atoms with E-state index in [4.69, 9.17) is 33.9 Å². The van der Waals surface area contributed by atoms with Crippen molar-refractivity contribution in [3.8, 4) is 0 Å². The van der Waals surface area contributed by atoms with Crippen molar-refractivity contribution in [1.82, 2.24) is 5.32 Å². The van der Waals surface area contributed by atoms with Crippen molar-refractivity contribution in [3.63, 3.8) is 0 Å². The Morgan fingerprint density at radius 2 is 1.62 bits per heavy atom. The molecule has 0 atom stereocenters. The average Bonchev–Trinajstić information content (AvgIpc) is 1.83. The molecular formula is C5H13ClN6O. The lowest BCUT2D eigenvalue weighted by molar-refractivity contribution is -0.117. The summed E-state index contributed by atoms with van der Waals surface area (Å²) in [6.45, 7) is 0. The number of alkyl halides is 1. The first-order valence-corrected chi connectivity index (χ1v) is 3.73. The summed E-state index contributed by atoms with van der Waals surface area (Å²) in [5.41, 5.74) is 14.2. The molecule has 13 heavy (non-hydrogen) atoms. The first-order chi connectivity index (χ1) is 5.90. The second-order valence-electron chi connectivity index (χ2n) is 1.86. The van der Waals surface area contributed by atoms with Crippen LogP contribution in [0.1, 0.15) is 6.42 Å². The van der Waals surface area contributed by atoms with Gasteiger partial charge in [-0.25, -0.2) is 0 Å². The van der Waals surface area contributed by atoms with Crippen LogP contribution in [0.5, 0.6) is 0 Å². The molecule has 0 aromatic rings. The molecule has 0 fully saturated rings. The predicted molar refractivity (Wildman–Crippen MR) is 51.5 cm³/mol. The Labute approximate surface area is 80.6 Å². The van der Waals surface area contributed by atoms with Crippen LogP contribution in [0.2, 0.25) is 0 Å². The minimum Gasteiger partial charge on any atom is -0.370 e. The second-order valence-corrected chi connectivity index (χ2v) is 2.24. The molecule has 1 amide bonds. The van der Waals surface area contributed by atoms with Crippen LogP contribution in [0.3, 0.4) is 0 Å². The normalized spacial score (nSPS) is 7.77. The molecule has 76 valence electrons. The van der Waals surface area contributed by atoms with Crippen molar-refractivity contribution in [3.05, 3.63) is 0 Å². The lowest BCUT2D eigenvalue weighted by atomic mass is 10.5. The molecule has 0 unspecified atom stereocenters. The van der Waals surface area contributed by atoms with Gasteiger partial charge >= 0.3 is 0 Å². The van der Waals surface area contributed by atoms with Crippen LogP contribution in [-0.4, -0.2) is 23.7 Å². The number of guanidine groups is 2. The lowest BCUT2D eigenvalue weighted by Gasteiger charge is -1.95. The van der Waals surface area contributed by atoms with E-state index < -0.39 is 0 Å². The molecule has 0 spiro atoms. The third-order valence-electron chi connectivity index (χ3n) is 0.610. The van der Waals surface area contributed by atoms with Crippen LogP contribution < -0.4 is 22.5 Å². The Morgan fingerprint density at radius 1 is 1.23 bits per heavy atom. The van der Waals surface area contributed by atoms with Gasteiger partial charge < -0.3 is 17.2 Å². The van der Waals surface area contributed by atoms with Gasteiger partial charge in [-0.15, -0.1) is 11.6 Å². The first-order valence-electron chi connectivity index (χ1n) is 3.19. The SMILES string of the molecule is N=C(N)NC(=N)N.NC(=O)CCCl. The maximum atomic E-state index is 9.74. The molecule has 0 saturated carbocycles. The van der Waals surface area contributed by atoms with Crippen LogP contribution in [0.15, 0.2) is 0 Å². The van der Waals surface area contributed by atoms with Crippen molar-refractivity contribution < 1.29 is 4.79 Å². The Balaban J connectivity index is 0. The zero-order valence-corrected chi connectivity index (χ0v) is 7.69. The smallest absolute Gasteiger partial charge is 0.218 e. The van der Waals surface area contributed by atoms with Crippen molar-refractivity contribution in [2.24, 2.45) is 17.2 Å². The molecule has 0 aromatic carbocycles. The number of hydrogen-bond acceptors (Lipinski definition) is 3. The molecule has 9 N–H and O–H groups in total. The molecule has 0 aliphatic heterocycles. The average molecular weight is 209 g/mol. The van der Waals surface area contributed by atoms with E-state index in [1.165, 1.54) is 0 Å². The van der Waals surface area contributed by atoms with E-state index in [1.807, 2.05) is 5.32 Å². The summed E-state index contributed by atoms with van der Waals surface area (Å²) < 4.78 is 0. The number of halogens is 1. The fourth-order valence-corrected chi connectivity index (χ4v) is 0.424. The second kappa shape index (κ2) is 8.60. The van der Waals surface area contributed by atoms with Crippen molar-refractivity contribution >= 4 is 29.4 Å². The predicted octanol–water partition coefficient (Wildman–Crippen LogP) is -1.54. The van der Waals surface area contributed by atoms with Crippen LogP contribution >= 0.6 is 11.6 Å². The van der Waals surface area contributed by atoms with Gasteiger partial charge in [0.15, 0.2) is 11.9 Å². The number of carbonyl (C=O) groups is 1. The number of primary amides is 1. The van der Waals surface area contributed by atoms with E-state index in [0.29, 0.717) is 5.88 Å². The number of rotatable bonds is 2. The van der Waals surface area contributed by atoms with E-state index in [-0.39, 0.29) is 24.2 Å². The highest BCUT2D eigenvalue weighted by Gasteiger charge is 1.86. The van der Waals surface area contributed by atoms with Crippen molar-refractivity contribution in [2.45, 2.75) is 6.42 Å². The van der Waals surface area contributed by atoms with E-state index in [1.54, 1.807) is 0 Å². The van der Waals surface area contributed by atoms with Gasteiger partial charge in [-0.05, 0) is 0 Å². The molecule has 0 radical (unpaired) electrons. The summed E-state index contributed by atoms with van der Waals surface area (Å²) in [4.78, 5) is 9.74. The third-order valence-corrected chi connectivity index (χ3v) is 0.799. The summed E-state index contributed by atoms with van der Waals surface area (Å²) in [7, 11) is 0. The standard InChI is InChI=1S/C3H6ClNO.C2H7N5/c4-2-1-3(5)6;3-1(4)7-2(5)6/h1-2H2,(H2,5,6);(H7,3,4,5,6,7). The van der Waals surface area contributed by atoms with Gasteiger partial charge in [0.25, 0.3) is 0 Å². The molecule has 0 heterocycles. The summed E-state index contributed by atoms with van der Waals surface area (Å²) in [6.07, 6.45) is 0.279. The fourth-order valence-electron chi connectivity index (χ4n) is 0.238. The van der Waals surface area contributed by atoms with Crippen molar-refractivity contribution in [2.75, 3.05) is 5.88 Å². The van der Waals surface area contributed by atoms with Crippen molar-refractivity contribution in [1.29, 1.82) is 10.8 Å². The van der Waals surface area contributed by atoms with E-state index >= 15 is 0 Å². The maximum absolute atomic E-state index is 9.74. The number of hydrogen-bond donors (Lipinski definition) is 6. The molecule has 0 saturated heterocycles. The fraction of sp³-hybridized carbons (Fsp3) is 0.400. The highest BCUT2D eigenvalue weighted by atomic mass is 35.5. The lowest BCUT2D eigenvalue weighted by Crippen LogP contribution is -2.39. The zero-order valence-electron chi connectivity index (χ0n) is 6.93. The van der Waals surface area contributed by atoms with Gasteiger partial charge in [-0.2, -0.15) is 0 Å². The number of nitrogens with one attached hydrogen (secondary N) is 3. The number of nitrogens with two attached hydrogens (primary N) is 3. The molecule has 0 aliphatic rings. The Morgan fingerprint density at radius 3 is 1.62 bits per heavy atom. The van der Waals surface area contributed by atoms with Crippen LogP contribution in [0.25, 0.3) is 0 Å². The molecule has 7 nitrogen and oxygen atoms in total. The molecule has 0 rings (SSSR count). The molecular weight excluding hydrogens is 196 g/mol. The molecule has 8 heteroatoms. The maximum Gasteiger partial charge on any atom is 0.218 e. The number of carbonyl (C=O) groups excluding carboxylic acids is 1. The van der Waals surface area contributed by atoms with E-state index in [0.717, 1.165) is 0 Å². The largest absolute Gasteiger partial charge is 0.370 e. The highest BCUT2D eigenvalue weighted by molar-refractivity contribution is 6.18. The third kappa shape index (κ3) is 25.1. The van der Waals surface area contributed by atoms with E-state index in [9.17, 15) is 4.79 Å². The van der Waals surface area contributed by atoms with Gasteiger partial charge in [-0.3, -0.25) is 20.9 Å². The summed E-state index contributed by atoms with van der Waals surface area (Å²) in [5, 5.41) is 15.0. The van der Waals surface area contributed by atoms with Gasteiger partial charge in [0.2, 0.25) is 5.91 Å². The zero-order chi connectivity index (χ0) is 10.9. The minimum absolute atomic E-state index is 0.279. The van der Waals surface area contributed by atoms with E-state index in [2.05, 4.69) is 5.73 Å². The van der Waals surface area contributed by atoms with Crippen LogP contribution in [-0.2, 0) is 4.79 Å². The summed E-state index contributed by atoms with van der Waals surface area (Å²) in [5.74, 6) is -0.639. The Hall–Kier alpha value is -1.50. The highest BCUT2D eigenvalue weighted by Crippen LogP contribution is 1.78. The molecule has 0 aromatic heterocycles. The van der Waals surface area contributed by atoms with Crippen LogP contribution in [0.4, 0.5) is 0 Å². The molecule has 0 aliphatic carbocycles. The Kier molecular flexibility index (Phi) is 9.29. The Bertz CT molecular complexity index is 181. The summed E-state index contributed by atoms with van der Waals surface area (Å²) >= 11 is 5.10. The first kappa shape index (κ1) is 14.0. The summed E-state index contributed by atoms with van der Waals surface area (Å²) in [6, 6.07) is 0. The van der Waals surface area contributed by atoms with Gasteiger partial charge in [-0.1, -0.05) is 0 Å². The topological polar surface area (TPSA) is 155 Å². The van der Waals surface area contributed by atoms with Gasteiger partial charge in [0, 0.05) is 12.3 Å². The minimum atomic E-state index is -0.343. The quantitative estimate of drug-likeness (QED) is 0.185. The monoisotopic (exact) mass is 208 g/mol.